The molecule has 3 fully saturated rings. The highest BCUT2D eigenvalue weighted by Crippen LogP contribution is 2.52. The SMILES string of the molecule is COC(=O)[C@@]1(C)[C@H]2C(=O)N(C)C(=O)[C@H]2[C@H]2CN=C(SCC3CC3)N21. The zero-order chi connectivity index (χ0) is 17.2. The smallest absolute Gasteiger partial charge is 0.332 e. The number of rotatable bonds is 3. The van der Waals surface area contributed by atoms with Gasteiger partial charge in [-0.1, -0.05) is 11.8 Å². The number of amidine groups is 1. The molecule has 0 aromatic rings. The van der Waals surface area contributed by atoms with Gasteiger partial charge >= 0.3 is 5.97 Å². The fraction of sp³-hybridized carbons (Fsp3) is 0.750. The number of fused-ring (bicyclic) bond motifs is 3. The van der Waals surface area contributed by atoms with Crippen LogP contribution in [0, 0.1) is 17.8 Å². The summed E-state index contributed by atoms with van der Waals surface area (Å²) in [6.07, 6.45) is 2.48. The Balaban J connectivity index is 1.72. The Morgan fingerprint density at radius 2 is 2.08 bits per heavy atom. The lowest BCUT2D eigenvalue weighted by atomic mass is 9.81. The van der Waals surface area contributed by atoms with Crippen molar-refractivity contribution in [2.75, 3.05) is 26.5 Å². The van der Waals surface area contributed by atoms with Crippen molar-refractivity contribution in [1.29, 1.82) is 0 Å². The van der Waals surface area contributed by atoms with Crippen molar-refractivity contribution in [2.45, 2.75) is 31.3 Å². The second kappa shape index (κ2) is 5.21. The zero-order valence-electron chi connectivity index (χ0n) is 14.0. The van der Waals surface area contributed by atoms with Gasteiger partial charge in [-0.2, -0.15) is 0 Å². The van der Waals surface area contributed by atoms with Gasteiger partial charge in [-0.25, -0.2) is 4.79 Å². The molecule has 1 saturated carbocycles. The van der Waals surface area contributed by atoms with Crippen molar-refractivity contribution in [1.82, 2.24) is 9.80 Å². The first-order valence-electron chi connectivity index (χ1n) is 8.27. The van der Waals surface area contributed by atoms with Gasteiger partial charge in [-0.3, -0.25) is 19.5 Å². The highest BCUT2D eigenvalue weighted by Gasteiger charge is 2.71. The van der Waals surface area contributed by atoms with Gasteiger partial charge in [0.05, 0.1) is 31.5 Å². The lowest BCUT2D eigenvalue weighted by Gasteiger charge is -2.37. The molecule has 0 spiro atoms. The second-order valence-electron chi connectivity index (χ2n) is 7.19. The molecule has 0 aromatic heterocycles. The maximum Gasteiger partial charge on any atom is 0.332 e. The lowest BCUT2D eigenvalue weighted by Crippen LogP contribution is -2.57. The van der Waals surface area contributed by atoms with E-state index in [0.29, 0.717) is 6.54 Å². The van der Waals surface area contributed by atoms with Crippen molar-refractivity contribution in [2.24, 2.45) is 22.7 Å². The van der Waals surface area contributed by atoms with E-state index in [-0.39, 0.29) is 17.9 Å². The number of hydrogen-bond acceptors (Lipinski definition) is 7. The van der Waals surface area contributed by atoms with Crippen molar-refractivity contribution >= 4 is 34.7 Å². The fourth-order valence-electron chi connectivity index (χ4n) is 4.28. The number of nitrogens with zero attached hydrogens (tertiary/aromatic N) is 3. The van der Waals surface area contributed by atoms with Crippen LogP contribution in [0.5, 0.6) is 0 Å². The summed E-state index contributed by atoms with van der Waals surface area (Å²) >= 11 is 1.64. The van der Waals surface area contributed by atoms with Crippen LogP contribution in [0.25, 0.3) is 0 Å². The minimum absolute atomic E-state index is 0.212. The molecule has 4 atom stereocenters. The summed E-state index contributed by atoms with van der Waals surface area (Å²) in [5.74, 6) is -0.504. The maximum atomic E-state index is 12.7. The van der Waals surface area contributed by atoms with E-state index in [1.165, 1.54) is 27.0 Å². The minimum Gasteiger partial charge on any atom is -0.467 e. The largest absolute Gasteiger partial charge is 0.467 e. The van der Waals surface area contributed by atoms with Gasteiger partial charge in [-0.15, -0.1) is 0 Å². The molecule has 0 unspecified atom stereocenters. The van der Waals surface area contributed by atoms with E-state index >= 15 is 0 Å². The Morgan fingerprint density at radius 3 is 2.71 bits per heavy atom. The Morgan fingerprint density at radius 1 is 1.38 bits per heavy atom. The van der Waals surface area contributed by atoms with E-state index < -0.39 is 23.3 Å². The first-order valence-corrected chi connectivity index (χ1v) is 9.26. The van der Waals surface area contributed by atoms with Crippen LogP contribution in [0.2, 0.25) is 0 Å². The Bertz CT molecular complexity index is 662. The lowest BCUT2D eigenvalue weighted by molar-refractivity contribution is -0.156. The third-order valence-electron chi connectivity index (χ3n) is 5.79. The molecular weight excluding hydrogens is 330 g/mol. The Hall–Kier alpha value is -1.57. The van der Waals surface area contributed by atoms with Crippen LogP contribution in [-0.4, -0.2) is 70.8 Å². The molecule has 24 heavy (non-hydrogen) atoms. The van der Waals surface area contributed by atoms with Crippen molar-refractivity contribution in [3.05, 3.63) is 0 Å². The quantitative estimate of drug-likeness (QED) is 0.539. The van der Waals surface area contributed by atoms with Crippen LogP contribution < -0.4 is 0 Å². The average molecular weight is 351 g/mol. The van der Waals surface area contributed by atoms with Gasteiger partial charge in [0.25, 0.3) is 0 Å². The third-order valence-corrected chi connectivity index (χ3v) is 7.01. The number of aliphatic imine (C=N–C) groups is 1. The molecule has 0 N–H and O–H groups in total. The molecule has 4 aliphatic rings. The molecule has 7 nitrogen and oxygen atoms in total. The number of methoxy groups -OCH3 is 1. The minimum atomic E-state index is -1.17. The van der Waals surface area contributed by atoms with Crippen molar-refractivity contribution < 1.29 is 19.1 Å². The number of esters is 1. The van der Waals surface area contributed by atoms with E-state index in [2.05, 4.69) is 4.99 Å². The van der Waals surface area contributed by atoms with Crippen LogP contribution in [0.4, 0.5) is 0 Å². The van der Waals surface area contributed by atoms with Gasteiger partial charge in [-0.05, 0) is 25.7 Å². The van der Waals surface area contributed by atoms with E-state index in [1.54, 1.807) is 18.7 Å². The average Bonchev–Trinajstić information content (AvgIpc) is 3.19. The molecule has 0 radical (unpaired) electrons. The summed E-state index contributed by atoms with van der Waals surface area (Å²) in [6, 6.07) is -0.234. The van der Waals surface area contributed by atoms with Gasteiger partial charge < -0.3 is 9.64 Å². The number of amides is 2. The summed E-state index contributed by atoms with van der Waals surface area (Å²) < 4.78 is 5.03. The summed E-state index contributed by atoms with van der Waals surface area (Å²) in [4.78, 5) is 45.6. The second-order valence-corrected chi connectivity index (χ2v) is 8.18. The molecule has 0 bridgehead atoms. The molecule has 0 aromatic carbocycles. The molecule has 4 rings (SSSR count). The van der Waals surface area contributed by atoms with Crippen LogP contribution in [0.3, 0.4) is 0 Å². The molecular formula is C16H21N3O4S. The molecule has 1 aliphatic carbocycles. The number of ether oxygens (including phenoxy) is 1. The van der Waals surface area contributed by atoms with Gasteiger partial charge in [0, 0.05) is 12.8 Å². The first-order chi connectivity index (χ1) is 11.4. The summed E-state index contributed by atoms with van der Waals surface area (Å²) in [7, 11) is 2.81. The van der Waals surface area contributed by atoms with Crippen molar-refractivity contribution in [3.8, 4) is 0 Å². The number of imide groups is 1. The van der Waals surface area contributed by atoms with E-state index in [4.69, 9.17) is 4.74 Å². The van der Waals surface area contributed by atoms with E-state index in [1.807, 2.05) is 4.90 Å². The van der Waals surface area contributed by atoms with E-state index in [0.717, 1.165) is 21.7 Å². The first kappa shape index (κ1) is 15.9. The predicted molar refractivity (Wildman–Crippen MR) is 88.3 cm³/mol. The standard InChI is InChI=1S/C16H21N3O4S/c1-16(14(22)23-3)11-10(12(20)18(2)13(11)21)9-6-17-15(19(9)16)24-7-8-4-5-8/h8-11H,4-7H2,1-3H3/t9-,10+,11-,16-/m1/s1. The summed E-state index contributed by atoms with van der Waals surface area (Å²) in [6.45, 7) is 2.17. The Labute approximate surface area is 144 Å². The van der Waals surface area contributed by atoms with Crippen LogP contribution in [-0.2, 0) is 19.1 Å². The molecule has 8 heteroatoms. The van der Waals surface area contributed by atoms with Gasteiger partial charge in [0.2, 0.25) is 11.8 Å². The van der Waals surface area contributed by atoms with Crippen LogP contribution in [0.15, 0.2) is 4.99 Å². The number of likely N-dealkylation sites (tertiary alicyclic amines) is 1. The van der Waals surface area contributed by atoms with Gasteiger partial charge in [0.15, 0.2) is 5.17 Å². The number of carbonyl (C=O) groups excluding carboxylic acids is 3. The third kappa shape index (κ3) is 1.92. The number of thioether (sulfide) groups is 1. The van der Waals surface area contributed by atoms with Gasteiger partial charge in [0.1, 0.15) is 5.54 Å². The monoisotopic (exact) mass is 351 g/mol. The van der Waals surface area contributed by atoms with Crippen LogP contribution >= 0.6 is 11.8 Å². The number of hydrogen-bond donors (Lipinski definition) is 0. The Kier molecular flexibility index (Phi) is 3.46. The summed E-state index contributed by atoms with van der Waals surface area (Å²) in [5.41, 5.74) is -1.17. The number of carbonyl (C=O) groups is 3. The topological polar surface area (TPSA) is 79.3 Å². The molecule has 130 valence electrons. The summed E-state index contributed by atoms with van der Waals surface area (Å²) in [5, 5.41) is 0.775. The maximum absolute atomic E-state index is 12.7. The van der Waals surface area contributed by atoms with Crippen molar-refractivity contribution in [3.63, 3.8) is 0 Å². The normalized spacial score (nSPS) is 37.6. The predicted octanol–water partition coefficient (Wildman–Crippen LogP) is 0.346. The highest BCUT2D eigenvalue weighted by molar-refractivity contribution is 8.13. The zero-order valence-corrected chi connectivity index (χ0v) is 14.8. The fourth-order valence-corrected chi connectivity index (χ4v) is 5.62. The molecule has 3 aliphatic heterocycles. The molecule has 2 saturated heterocycles. The van der Waals surface area contributed by atoms with Crippen LogP contribution in [0.1, 0.15) is 19.8 Å². The highest BCUT2D eigenvalue weighted by atomic mass is 32.2. The molecule has 3 heterocycles. The molecule has 2 amide bonds. The van der Waals surface area contributed by atoms with E-state index in [9.17, 15) is 14.4 Å².